The molecule has 4 rings (SSSR count). The number of rotatable bonds is 6. The molecule has 0 saturated carbocycles. The first-order chi connectivity index (χ1) is 11.9. The highest BCUT2D eigenvalue weighted by Crippen LogP contribution is 2.33. The Morgan fingerprint density at radius 2 is 2.00 bits per heavy atom. The summed E-state index contributed by atoms with van der Waals surface area (Å²) in [5.74, 6) is 0.589. The lowest BCUT2D eigenvalue weighted by Crippen LogP contribution is -2.31. The second-order valence-corrected chi connectivity index (χ2v) is 7.15. The van der Waals surface area contributed by atoms with Crippen LogP contribution < -0.4 is 5.32 Å². The monoisotopic (exact) mass is 342 g/mol. The lowest BCUT2D eigenvalue weighted by Gasteiger charge is -2.26. The van der Waals surface area contributed by atoms with E-state index in [1.165, 1.54) is 42.4 Å². The zero-order chi connectivity index (χ0) is 16.2. The van der Waals surface area contributed by atoms with Gasteiger partial charge in [-0.3, -0.25) is 0 Å². The van der Waals surface area contributed by atoms with Crippen LogP contribution in [0.4, 0.5) is 6.01 Å². The van der Waals surface area contributed by atoms with Gasteiger partial charge in [0.05, 0.1) is 5.56 Å². The van der Waals surface area contributed by atoms with Gasteiger partial charge in [-0.05, 0) is 45.0 Å². The number of piperidine rings is 1. The molecule has 0 amide bonds. The maximum Gasteiger partial charge on any atom is 0.315 e. The Bertz CT molecular complexity index is 791. The van der Waals surface area contributed by atoms with Crippen LogP contribution in [0, 0.1) is 0 Å². The smallest absolute Gasteiger partial charge is 0.315 e. The second-order valence-electron chi connectivity index (χ2n) is 6.24. The van der Waals surface area contributed by atoms with E-state index in [0.29, 0.717) is 11.9 Å². The van der Waals surface area contributed by atoms with E-state index in [1.807, 2.05) is 12.1 Å². The summed E-state index contributed by atoms with van der Waals surface area (Å²) in [5.41, 5.74) is 1.02. The minimum absolute atomic E-state index is 0.513. The molecule has 1 fully saturated rings. The number of benzene rings is 1. The van der Waals surface area contributed by atoms with Gasteiger partial charge in [0.2, 0.25) is 0 Å². The van der Waals surface area contributed by atoms with Crippen molar-refractivity contribution in [3.05, 3.63) is 29.6 Å². The van der Waals surface area contributed by atoms with Gasteiger partial charge in [-0.15, -0.1) is 16.4 Å². The normalized spacial score (nSPS) is 15.8. The number of likely N-dealkylation sites (tertiary alicyclic amines) is 1. The van der Waals surface area contributed by atoms with Gasteiger partial charge in [0.1, 0.15) is 0 Å². The van der Waals surface area contributed by atoms with E-state index >= 15 is 0 Å². The standard InChI is InChI=1S/C18H22N4OS/c1-4-10-22(11-5-1)12-6-9-19-18-21-20-17(23-18)15-13-24-16-8-3-2-7-14(15)16/h2-3,7-8,13H,1,4-6,9-12H2,(H,19,21). The molecule has 1 aliphatic rings. The third kappa shape index (κ3) is 3.44. The molecular weight excluding hydrogens is 320 g/mol. The largest absolute Gasteiger partial charge is 0.403 e. The lowest BCUT2D eigenvalue weighted by atomic mass is 10.1. The summed E-state index contributed by atoms with van der Waals surface area (Å²) in [4.78, 5) is 2.54. The molecule has 3 aromatic rings. The van der Waals surface area contributed by atoms with Crippen molar-refractivity contribution in [1.82, 2.24) is 15.1 Å². The zero-order valence-electron chi connectivity index (χ0n) is 13.7. The number of anilines is 1. The van der Waals surface area contributed by atoms with Gasteiger partial charge in [0, 0.05) is 22.0 Å². The Labute approximate surface area is 145 Å². The molecule has 0 bridgehead atoms. The van der Waals surface area contributed by atoms with Crippen molar-refractivity contribution < 1.29 is 4.42 Å². The van der Waals surface area contributed by atoms with Crippen LogP contribution in [-0.2, 0) is 0 Å². The van der Waals surface area contributed by atoms with Gasteiger partial charge < -0.3 is 14.6 Å². The fourth-order valence-electron chi connectivity index (χ4n) is 3.23. The predicted molar refractivity (Wildman–Crippen MR) is 98.5 cm³/mol. The van der Waals surface area contributed by atoms with Crippen molar-refractivity contribution in [1.29, 1.82) is 0 Å². The Hall–Kier alpha value is -1.92. The van der Waals surface area contributed by atoms with Gasteiger partial charge in [-0.2, -0.15) is 0 Å². The van der Waals surface area contributed by atoms with Crippen molar-refractivity contribution in [3.8, 4) is 11.5 Å². The van der Waals surface area contributed by atoms with Crippen molar-refractivity contribution in [2.24, 2.45) is 0 Å². The number of thiophene rings is 1. The number of nitrogens with one attached hydrogen (secondary N) is 1. The first kappa shape index (κ1) is 15.6. The average Bonchev–Trinajstić information content (AvgIpc) is 3.26. The summed E-state index contributed by atoms with van der Waals surface area (Å²) >= 11 is 1.70. The minimum atomic E-state index is 0.513. The van der Waals surface area contributed by atoms with Crippen molar-refractivity contribution in [3.63, 3.8) is 0 Å². The molecular formula is C18H22N4OS. The van der Waals surface area contributed by atoms with Crippen molar-refractivity contribution in [2.75, 3.05) is 31.5 Å². The molecule has 24 heavy (non-hydrogen) atoms. The molecule has 0 radical (unpaired) electrons. The van der Waals surface area contributed by atoms with E-state index in [4.69, 9.17) is 4.42 Å². The van der Waals surface area contributed by atoms with Gasteiger partial charge in [0.25, 0.3) is 5.89 Å². The molecule has 126 valence electrons. The predicted octanol–water partition coefficient (Wildman–Crippen LogP) is 4.24. The lowest BCUT2D eigenvalue weighted by molar-refractivity contribution is 0.228. The maximum atomic E-state index is 5.79. The summed E-state index contributed by atoms with van der Waals surface area (Å²) < 4.78 is 7.03. The van der Waals surface area contributed by atoms with Crippen LogP contribution in [0.25, 0.3) is 21.5 Å². The number of hydrogen-bond donors (Lipinski definition) is 1. The molecule has 3 heterocycles. The highest BCUT2D eigenvalue weighted by molar-refractivity contribution is 7.17. The molecule has 0 unspecified atom stereocenters. The quantitative estimate of drug-likeness (QED) is 0.679. The van der Waals surface area contributed by atoms with Gasteiger partial charge in [-0.1, -0.05) is 29.7 Å². The Morgan fingerprint density at radius 3 is 2.92 bits per heavy atom. The SMILES string of the molecule is c1ccc2c(-c3nnc(NCCCN4CCCCC4)o3)csc2c1. The molecule has 6 heteroatoms. The first-order valence-corrected chi connectivity index (χ1v) is 9.54. The second kappa shape index (κ2) is 7.32. The molecule has 1 aromatic carbocycles. The average molecular weight is 342 g/mol. The third-order valence-corrected chi connectivity index (χ3v) is 5.48. The maximum absolute atomic E-state index is 5.79. The summed E-state index contributed by atoms with van der Waals surface area (Å²) in [5, 5.41) is 14.8. The summed E-state index contributed by atoms with van der Waals surface area (Å²) in [6.07, 6.45) is 5.17. The van der Waals surface area contributed by atoms with E-state index in [9.17, 15) is 0 Å². The number of nitrogens with zero attached hydrogens (tertiary/aromatic N) is 3. The van der Waals surface area contributed by atoms with E-state index in [1.54, 1.807) is 11.3 Å². The topological polar surface area (TPSA) is 54.2 Å². The van der Waals surface area contributed by atoms with Gasteiger partial charge in [-0.25, -0.2) is 0 Å². The minimum Gasteiger partial charge on any atom is -0.403 e. The van der Waals surface area contributed by atoms with Crippen LogP contribution >= 0.6 is 11.3 Å². The van der Waals surface area contributed by atoms with Crippen LogP contribution in [0.3, 0.4) is 0 Å². The highest BCUT2D eigenvalue weighted by atomic mass is 32.1. The van der Waals surface area contributed by atoms with Crippen LogP contribution in [0.1, 0.15) is 25.7 Å². The number of fused-ring (bicyclic) bond motifs is 1. The van der Waals surface area contributed by atoms with E-state index < -0.39 is 0 Å². The Morgan fingerprint density at radius 1 is 1.12 bits per heavy atom. The molecule has 5 nitrogen and oxygen atoms in total. The van der Waals surface area contributed by atoms with Crippen molar-refractivity contribution in [2.45, 2.75) is 25.7 Å². The fourth-order valence-corrected chi connectivity index (χ4v) is 4.16. The summed E-state index contributed by atoms with van der Waals surface area (Å²) in [6.45, 7) is 4.50. The molecule has 1 aliphatic heterocycles. The van der Waals surface area contributed by atoms with Gasteiger partial charge >= 0.3 is 6.01 Å². The van der Waals surface area contributed by atoms with Gasteiger partial charge in [0.15, 0.2) is 0 Å². The molecule has 2 aromatic heterocycles. The molecule has 1 saturated heterocycles. The number of aromatic nitrogens is 2. The third-order valence-electron chi connectivity index (χ3n) is 4.51. The van der Waals surface area contributed by atoms with E-state index in [2.05, 4.69) is 37.9 Å². The van der Waals surface area contributed by atoms with E-state index in [-0.39, 0.29) is 0 Å². The molecule has 0 atom stereocenters. The van der Waals surface area contributed by atoms with Crippen LogP contribution in [0.5, 0.6) is 0 Å². The molecule has 0 aliphatic carbocycles. The Balaban J connectivity index is 1.33. The highest BCUT2D eigenvalue weighted by Gasteiger charge is 2.13. The molecule has 0 spiro atoms. The Kier molecular flexibility index (Phi) is 4.76. The number of hydrogen-bond acceptors (Lipinski definition) is 6. The summed E-state index contributed by atoms with van der Waals surface area (Å²) in [6, 6.07) is 8.80. The fraction of sp³-hybridized carbons (Fsp3) is 0.444. The van der Waals surface area contributed by atoms with Crippen molar-refractivity contribution >= 4 is 27.4 Å². The van der Waals surface area contributed by atoms with E-state index in [0.717, 1.165) is 25.1 Å². The zero-order valence-corrected chi connectivity index (χ0v) is 14.5. The molecule has 1 N–H and O–H groups in total. The van der Waals surface area contributed by atoms with Crippen LogP contribution in [-0.4, -0.2) is 41.3 Å². The van der Waals surface area contributed by atoms with Crippen LogP contribution in [0.15, 0.2) is 34.1 Å². The van der Waals surface area contributed by atoms with Crippen LogP contribution in [0.2, 0.25) is 0 Å². The first-order valence-electron chi connectivity index (χ1n) is 8.66. The summed E-state index contributed by atoms with van der Waals surface area (Å²) in [7, 11) is 0.